The molecule has 1 aliphatic heterocycles. The van der Waals surface area contributed by atoms with E-state index in [0.29, 0.717) is 25.7 Å². The van der Waals surface area contributed by atoms with E-state index in [1.165, 1.54) is 4.90 Å². The molecule has 36 heavy (non-hydrogen) atoms. The van der Waals surface area contributed by atoms with Crippen LogP contribution in [0.5, 0.6) is 0 Å². The second-order valence-corrected chi connectivity index (χ2v) is 8.95. The molecule has 0 aromatic heterocycles. The number of rotatable bonds is 15. The minimum atomic E-state index is -1.13. The Morgan fingerprint density at radius 3 is 2.31 bits per heavy atom. The van der Waals surface area contributed by atoms with Crippen LogP contribution in [0.3, 0.4) is 0 Å². The quantitative estimate of drug-likeness (QED) is 0.0744. The number of hydrogen-bond acceptors (Lipinski definition) is 7. The van der Waals surface area contributed by atoms with E-state index < -0.39 is 53.8 Å². The number of hydrogen-bond donors (Lipinski definition) is 7. The molecule has 14 heteroatoms. The van der Waals surface area contributed by atoms with Crippen molar-refractivity contribution in [1.29, 1.82) is 0 Å². The standard InChI is InChI=1S/C22H39N7O7/c1-3-12(2)17(28-18(32)13(23)8-9-16(30)31)19(33)27-14(6-4-10-26-22(24)25)20(34)29-11-5-7-15(29)21(35)36/h12-15,17H,3-11,23H2,1-2H3,(H,27,33)(H,28,32)(H,30,31)(H,35,36)(H4,24,25,26). The van der Waals surface area contributed by atoms with Crippen LogP contribution in [-0.2, 0) is 24.0 Å². The Kier molecular flexibility index (Phi) is 12.6. The Morgan fingerprint density at radius 2 is 1.75 bits per heavy atom. The third kappa shape index (κ3) is 9.68. The smallest absolute Gasteiger partial charge is 0.326 e. The Morgan fingerprint density at radius 1 is 1.08 bits per heavy atom. The highest BCUT2D eigenvalue weighted by atomic mass is 16.4. The van der Waals surface area contributed by atoms with Crippen LogP contribution < -0.4 is 27.8 Å². The average Bonchev–Trinajstić information content (AvgIpc) is 3.31. The van der Waals surface area contributed by atoms with Gasteiger partial charge in [-0.15, -0.1) is 0 Å². The molecule has 0 aliphatic carbocycles. The summed E-state index contributed by atoms with van der Waals surface area (Å²) >= 11 is 0. The summed E-state index contributed by atoms with van der Waals surface area (Å²) in [5.41, 5.74) is 16.4. The SMILES string of the molecule is CCC(C)C(NC(=O)C(N)CCC(=O)O)C(=O)NC(CCCN=C(N)N)C(=O)N1CCCC1C(=O)O. The van der Waals surface area contributed by atoms with Crippen molar-refractivity contribution in [2.75, 3.05) is 13.1 Å². The zero-order valence-electron chi connectivity index (χ0n) is 20.8. The summed E-state index contributed by atoms with van der Waals surface area (Å²) in [6.45, 7) is 4.01. The molecular weight excluding hydrogens is 474 g/mol. The highest BCUT2D eigenvalue weighted by Gasteiger charge is 2.38. The summed E-state index contributed by atoms with van der Waals surface area (Å²) in [6, 6.07) is -4.21. The van der Waals surface area contributed by atoms with Gasteiger partial charge in [0, 0.05) is 19.5 Å². The van der Waals surface area contributed by atoms with E-state index in [2.05, 4.69) is 15.6 Å². The molecule has 3 amide bonds. The molecule has 204 valence electrons. The maximum atomic E-state index is 13.3. The number of aliphatic imine (C=N–C) groups is 1. The van der Waals surface area contributed by atoms with E-state index in [1.807, 2.05) is 6.92 Å². The molecule has 14 nitrogen and oxygen atoms in total. The van der Waals surface area contributed by atoms with Crippen molar-refractivity contribution in [3.8, 4) is 0 Å². The molecule has 1 fully saturated rings. The van der Waals surface area contributed by atoms with Crippen LogP contribution in [-0.4, -0.2) is 88.0 Å². The number of nitrogens with two attached hydrogens (primary N) is 3. The van der Waals surface area contributed by atoms with E-state index in [1.54, 1.807) is 6.92 Å². The lowest BCUT2D eigenvalue weighted by molar-refractivity contribution is -0.149. The van der Waals surface area contributed by atoms with Crippen LogP contribution in [0.2, 0.25) is 0 Å². The number of nitrogens with zero attached hydrogens (tertiary/aromatic N) is 2. The minimum Gasteiger partial charge on any atom is -0.481 e. The summed E-state index contributed by atoms with van der Waals surface area (Å²) in [4.78, 5) is 66.5. The third-order valence-corrected chi connectivity index (χ3v) is 6.18. The van der Waals surface area contributed by atoms with E-state index in [9.17, 15) is 29.1 Å². The van der Waals surface area contributed by atoms with Gasteiger partial charge in [-0.2, -0.15) is 0 Å². The van der Waals surface area contributed by atoms with Crippen LogP contribution in [0.25, 0.3) is 0 Å². The van der Waals surface area contributed by atoms with Crippen molar-refractivity contribution in [2.24, 2.45) is 28.1 Å². The number of aliphatic carboxylic acids is 2. The van der Waals surface area contributed by atoms with Gasteiger partial charge in [-0.25, -0.2) is 4.79 Å². The van der Waals surface area contributed by atoms with E-state index in [-0.39, 0.29) is 44.2 Å². The van der Waals surface area contributed by atoms with Crippen LogP contribution >= 0.6 is 0 Å². The predicted molar refractivity (Wildman–Crippen MR) is 130 cm³/mol. The first-order valence-corrected chi connectivity index (χ1v) is 12.1. The lowest BCUT2D eigenvalue weighted by atomic mass is 9.96. The zero-order chi connectivity index (χ0) is 27.4. The lowest BCUT2D eigenvalue weighted by Crippen LogP contribution is -2.58. The second kappa shape index (κ2) is 14.9. The normalized spacial score (nSPS) is 18.4. The van der Waals surface area contributed by atoms with Crippen LogP contribution in [0.1, 0.15) is 58.8 Å². The molecule has 5 atom stereocenters. The van der Waals surface area contributed by atoms with Crippen LogP contribution in [0.4, 0.5) is 0 Å². The Labute approximate surface area is 210 Å². The van der Waals surface area contributed by atoms with Crippen LogP contribution in [0.15, 0.2) is 4.99 Å². The molecule has 10 N–H and O–H groups in total. The zero-order valence-corrected chi connectivity index (χ0v) is 20.8. The van der Waals surface area contributed by atoms with Gasteiger partial charge >= 0.3 is 11.9 Å². The molecular formula is C22H39N7O7. The van der Waals surface area contributed by atoms with Gasteiger partial charge in [-0.3, -0.25) is 24.2 Å². The van der Waals surface area contributed by atoms with E-state index >= 15 is 0 Å². The summed E-state index contributed by atoms with van der Waals surface area (Å²) < 4.78 is 0. The maximum absolute atomic E-state index is 13.3. The van der Waals surface area contributed by atoms with Gasteiger partial charge in [0.15, 0.2) is 5.96 Å². The molecule has 0 aromatic carbocycles. The molecule has 0 aromatic rings. The Hall–Kier alpha value is -3.42. The largest absolute Gasteiger partial charge is 0.481 e. The predicted octanol–water partition coefficient (Wildman–Crippen LogP) is -1.68. The fraction of sp³-hybridized carbons (Fsp3) is 0.727. The van der Waals surface area contributed by atoms with Crippen molar-refractivity contribution < 1.29 is 34.2 Å². The van der Waals surface area contributed by atoms with Crippen molar-refractivity contribution >= 4 is 35.6 Å². The molecule has 1 aliphatic rings. The fourth-order valence-electron chi connectivity index (χ4n) is 3.88. The summed E-state index contributed by atoms with van der Waals surface area (Å²) in [5, 5.41) is 23.5. The van der Waals surface area contributed by atoms with E-state index in [4.69, 9.17) is 22.3 Å². The Balaban J connectivity index is 3.04. The monoisotopic (exact) mass is 513 g/mol. The van der Waals surface area contributed by atoms with Crippen molar-refractivity contribution in [3.63, 3.8) is 0 Å². The summed E-state index contributed by atoms with van der Waals surface area (Å²) in [5.74, 6) is -4.52. The first-order chi connectivity index (χ1) is 16.9. The van der Waals surface area contributed by atoms with Gasteiger partial charge in [0.2, 0.25) is 17.7 Å². The van der Waals surface area contributed by atoms with Gasteiger partial charge in [-0.1, -0.05) is 20.3 Å². The second-order valence-electron chi connectivity index (χ2n) is 8.95. The first kappa shape index (κ1) is 30.6. The van der Waals surface area contributed by atoms with Gasteiger partial charge < -0.3 is 42.9 Å². The number of carboxylic acid groups (broad SMARTS) is 2. The maximum Gasteiger partial charge on any atom is 0.326 e. The van der Waals surface area contributed by atoms with Crippen molar-refractivity contribution in [3.05, 3.63) is 0 Å². The molecule has 0 saturated carbocycles. The van der Waals surface area contributed by atoms with Gasteiger partial charge in [0.25, 0.3) is 0 Å². The first-order valence-electron chi connectivity index (χ1n) is 12.1. The molecule has 1 heterocycles. The number of guanidine groups is 1. The van der Waals surface area contributed by atoms with E-state index in [0.717, 1.165) is 0 Å². The number of likely N-dealkylation sites (tertiary alicyclic amines) is 1. The molecule has 5 unspecified atom stereocenters. The topological polar surface area (TPSA) is 244 Å². The fourth-order valence-corrected chi connectivity index (χ4v) is 3.88. The minimum absolute atomic E-state index is 0.104. The molecule has 0 bridgehead atoms. The molecule has 0 radical (unpaired) electrons. The third-order valence-electron chi connectivity index (χ3n) is 6.18. The summed E-state index contributed by atoms with van der Waals surface area (Å²) in [6.07, 6.45) is 1.42. The summed E-state index contributed by atoms with van der Waals surface area (Å²) in [7, 11) is 0. The highest BCUT2D eigenvalue weighted by Crippen LogP contribution is 2.20. The number of carboxylic acids is 2. The number of amides is 3. The van der Waals surface area contributed by atoms with Gasteiger partial charge in [0.05, 0.1) is 6.04 Å². The number of carbonyl (C=O) groups excluding carboxylic acids is 3. The average molecular weight is 514 g/mol. The van der Waals surface area contributed by atoms with Gasteiger partial charge in [-0.05, 0) is 38.0 Å². The molecule has 1 saturated heterocycles. The highest BCUT2D eigenvalue weighted by molar-refractivity contribution is 5.94. The molecule has 1 rings (SSSR count). The van der Waals surface area contributed by atoms with Crippen LogP contribution in [0, 0.1) is 5.92 Å². The van der Waals surface area contributed by atoms with Crippen molar-refractivity contribution in [1.82, 2.24) is 15.5 Å². The van der Waals surface area contributed by atoms with Gasteiger partial charge in [0.1, 0.15) is 18.1 Å². The Bertz CT molecular complexity index is 832. The van der Waals surface area contributed by atoms with Crippen molar-refractivity contribution in [2.45, 2.75) is 83.0 Å². The lowest BCUT2D eigenvalue weighted by Gasteiger charge is -2.30. The number of carbonyl (C=O) groups is 5. The molecule has 0 spiro atoms. The number of nitrogens with one attached hydrogen (secondary N) is 2.